The Kier molecular flexibility index (Phi) is 6.16. The number of benzene rings is 2. The van der Waals surface area contributed by atoms with Gasteiger partial charge in [0.1, 0.15) is 0 Å². The first-order valence-corrected chi connectivity index (χ1v) is 7.48. The maximum absolute atomic E-state index is 11.7. The van der Waals surface area contributed by atoms with Gasteiger partial charge in [0.25, 0.3) is 0 Å². The maximum atomic E-state index is 11.7. The number of methoxy groups -OCH3 is 1. The summed E-state index contributed by atoms with van der Waals surface area (Å²) in [6.07, 6.45) is 0.234. The van der Waals surface area contributed by atoms with Gasteiger partial charge in [-0.3, -0.25) is 4.79 Å². The number of carbonyl (C=O) groups is 1. The topological polar surface area (TPSA) is 35.5 Å². The average molecular weight is 298 g/mol. The van der Waals surface area contributed by atoms with Crippen molar-refractivity contribution >= 4 is 5.97 Å². The summed E-state index contributed by atoms with van der Waals surface area (Å²) >= 11 is 0. The van der Waals surface area contributed by atoms with Crippen LogP contribution in [0.4, 0.5) is 0 Å². The highest BCUT2D eigenvalue weighted by atomic mass is 16.5. The normalized spacial score (nSPS) is 13.4. The highest BCUT2D eigenvalue weighted by Crippen LogP contribution is 2.26. The predicted molar refractivity (Wildman–Crippen MR) is 86.5 cm³/mol. The third-order valence-electron chi connectivity index (χ3n) is 3.76. The van der Waals surface area contributed by atoms with Crippen molar-refractivity contribution in [2.45, 2.75) is 32.0 Å². The van der Waals surface area contributed by atoms with Crippen LogP contribution in [0, 0.1) is 0 Å². The molecule has 2 rings (SSSR count). The minimum absolute atomic E-state index is 0.0163. The highest BCUT2D eigenvalue weighted by molar-refractivity contribution is 5.70. The molecular weight excluding hydrogens is 276 g/mol. The summed E-state index contributed by atoms with van der Waals surface area (Å²) in [7, 11) is 1.42. The SMILES string of the molecule is COC(=O)C[C@H](c1ccccc1)[C@@H](C)OCc1ccccc1. The fraction of sp³-hybridized carbons (Fsp3) is 0.316. The Labute approximate surface area is 131 Å². The minimum atomic E-state index is -0.219. The highest BCUT2D eigenvalue weighted by Gasteiger charge is 2.23. The van der Waals surface area contributed by atoms with Crippen molar-refractivity contribution in [3.8, 4) is 0 Å². The van der Waals surface area contributed by atoms with Crippen LogP contribution in [0.1, 0.15) is 30.4 Å². The molecule has 0 saturated carbocycles. The van der Waals surface area contributed by atoms with E-state index in [1.807, 2.05) is 67.6 Å². The molecule has 0 aliphatic carbocycles. The third kappa shape index (κ3) is 4.71. The second-order valence-electron chi connectivity index (χ2n) is 5.30. The van der Waals surface area contributed by atoms with Gasteiger partial charge < -0.3 is 9.47 Å². The van der Waals surface area contributed by atoms with Crippen LogP contribution in [-0.4, -0.2) is 19.2 Å². The van der Waals surface area contributed by atoms with Gasteiger partial charge in [0.2, 0.25) is 0 Å². The molecule has 0 amide bonds. The predicted octanol–water partition coefficient (Wildman–Crippen LogP) is 3.94. The largest absolute Gasteiger partial charge is 0.469 e. The zero-order chi connectivity index (χ0) is 15.8. The summed E-state index contributed by atoms with van der Waals surface area (Å²) in [6.45, 7) is 2.54. The van der Waals surface area contributed by atoms with E-state index in [0.717, 1.165) is 11.1 Å². The van der Waals surface area contributed by atoms with E-state index in [2.05, 4.69) is 0 Å². The summed E-state index contributed by atoms with van der Waals surface area (Å²) in [5.41, 5.74) is 2.22. The van der Waals surface area contributed by atoms with Crippen molar-refractivity contribution < 1.29 is 14.3 Å². The number of hydrogen-bond acceptors (Lipinski definition) is 3. The van der Waals surface area contributed by atoms with Gasteiger partial charge >= 0.3 is 5.97 Å². The fourth-order valence-corrected chi connectivity index (χ4v) is 2.44. The zero-order valence-corrected chi connectivity index (χ0v) is 13.1. The number of ether oxygens (including phenoxy) is 2. The van der Waals surface area contributed by atoms with Crippen molar-refractivity contribution in [3.05, 3.63) is 71.8 Å². The average Bonchev–Trinajstić information content (AvgIpc) is 2.59. The second-order valence-corrected chi connectivity index (χ2v) is 5.30. The smallest absolute Gasteiger partial charge is 0.306 e. The van der Waals surface area contributed by atoms with Crippen LogP contribution >= 0.6 is 0 Å². The standard InChI is InChI=1S/C19H22O3/c1-15(22-14-16-9-5-3-6-10-16)18(13-19(20)21-2)17-11-7-4-8-12-17/h3-12,15,18H,13-14H2,1-2H3/t15-,18+/m1/s1. The molecule has 116 valence electrons. The van der Waals surface area contributed by atoms with Crippen molar-refractivity contribution in [3.63, 3.8) is 0 Å². The lowest BCUT2D eigenvalue weighted by molar-refractivity contribution is -0.142. The molecule has 0 bridgehead atoms. The first kappa shape index (κ1) is 16.2. The van der Waals surface area contributed by atoms with Crippen LogP contribution in [-0.2, 0) is 20.9 Å². The summed E-state index contributed by atoms with van der Waals surface area (Å²) < 4.78 is 10.8. The fourth-order valence-electron chi connectivity index (χ4n) is 2.44. The van der Waals surface area contributed by atoms with E-state index >= 15 is 0 Å². The molecule has 2 aromatic rings. The quantitative estimate of drug-likeness (QED) is 0.726. The van der Waals surface area contributed by atoms with Gasteiger partial charge in [0.05, 0.1) is 26.2 Å². The van der Waals surface area contributed by atoms with E-state index in [0.29, 0.717) is 13.0 Å². The van der Waals surface area contributed by atoms with Gasteiger partial charge in [-0.1, -0.05) is 60.7 Å². The van der Waals surface area contributed by atoms with E-state index < -0.39 is 0 Å². The Morgan fingerprint density at radius 2 is 1.59 bits per heavy atom. The number of esters is 1. The zero-order valence-electron chi connectivity index (χ0n) is 13.1. The number of hydrogen-bond donors (Lipinski definition) is 0. The van der Waals surface area contributed by atoms with Crippen LogP contribution < -0.4 is 0 Å². The molecule has 0 radical (unpaired) electrons. The van der Waals surface area contributed by atoms with Crippen LogP contribution in [0.2, 0.25) is 0 Å². The van der Waals surface area contributed by atoms with Crippen molar-refractivity contribution in [1.29, 1.82) is 0 Å². The molecule has 0 aliphatic rings. The van der Waals surface area contributed by atoms with Crippen molar-refractivity contribution in [1.82, 2.24) is 0 Å². The van der Waals surface area contributed by atoms with Gasteiger partial charge in [-0.25, -0.2) is 0 Å². The summed E-state index contributed by atoms with van der Waals surface area (Å²) in [6, 6.07) is 20.0. The number of rotatable bonds is 7. The molecule has 0 fully saturated rings. The molecule has 0 aliphatic heterocycles. The molecule has 3 heteroatoms. The lowest BCUT2D eigenvalue weighted by Gasteiger charge is -2.24. The molecule has 3 nitrogen and oxygen atoms in total. The Bertz CT molecular complexity index is 566. The van der Waals surface area contributed by atoms with Crippen LogP contribution in [0.5, 0.6) is 0 Å². The van der Waals surface area contributed by atoms with Crippen LogP contribution in [0.25, 0.3) is 0 Å². The Morgan fingerprint density at radius 3 is 2.18 bits per heavy atom. The molecule has 0 saturated heterocycles. The van der Waals surface area contributed by atoms with E-state index in [-0.39, 0.29) is 18.0 Å². The van der Waals surface area contributed by atoms with Gasteiger partial charge in [0, 0.05) is 5.92 Å². The monoisotopic (exact) mass is 298 g/mol. The molecule has 0 spiro atoms. The second kappa shape index (κ2) is 8.35. The Hall–Kier alpha value is -2.13. The lowest BCUT2D eigenvalue weighted by Crippen LogP contribution is -2.22. The van der Waals surface area contributed by atoms with E-state index in [9.17, 15) is 4.79 Å². The third-order valence-corrected chi connectivity index (χ3v) is 3.76. The molecule has 2 aromatic carbocycles. The Morgan fingerprint density at radius 1 is 1.00 bits per heavy atom. The first-order chi connectivity index (χ1) is 10.7. The van der Waals surface area contributed by atoms with Crippen molar-refractivity contribution in [2.24, 2.45) is 0 Å². The Balaban J connectivity index is 2.05. The van der Waals surface area contributed by atoms with Crippen LogP contribution in [0.3, 0.4) is 0 Å². The molecular formula is C19H22O3. The van der Waals surface area contributed by atoms with Gasteiger partial charge in [-0.05, 0) is 18.1 Å². The van der Waals surface area contributed by atoms with E-state index in [1.54, 1.807) is 0 Å². The first-order valence-electron chi connectivity index (χ1n) is 7.48. The van der Waals surface area contributed by atoms with Crippen molar-refractivity contribution in [2.75, 3.05) is 7.11 Å². The van der Waals surface area contributed by atoms with Gasteiger partial charge in [0.15, 0.2) is 0 Å². The van der Waals surface area contributed by atoms with Crippen LogP contribution in [0.15, 0.2) is 60.7 Å². The summed E-state index contributed by atoms with van der Waals surface area (Å²) in [5.74, 6) is -0.235. The molecule has 0 N–H and O–H groups in total. The lowest BCUT2D eigenvalue weighted by atomic mass is 9.91. The molecule has 22 heavy (non-hydrogen) atoms. The maximum Gasteiger partial charge on any atom is 0.306 e. The van der Waals surface area contributed by atoms with E-state index in [1.165, 1.54) is 7.11 Å². The molecule has 0 aromatic heterocycles. The molecule has 0 unspecified atom stereocenters. The minimum Gasteiger partial charge on any atom is -0.469 e. The number of carbonyl (C=O) groups excluding carboxylic acids is 1. The summed E-state index contributed by atoms with van der Waals surface area (Å²) in [5, 5.41) is 0. The van der Waals surface area contributed by atoms with Gasteiger partial charge in [-0.15, -0.1) is 0 Å². The van der Waals surface area contributed by atoms with E-state index in [4.69, 9.17) is 9.47 Å². The summed E-state index contributed by atoms with van der Waals surface area (Å²) in [4.78, 5) is 11.7. The van der Waals surface area contributed by atoms with Gasteiger partial charge in [-0.2, -0.15) is 0 Å². The molecule has 0 heterocycles. The molecule has 2 atom stereocenters.